The number of carbonyl (C=O) groups excluding carboxylic acids is 2. The fourth-order valence-corrected chi connectivity index (χ4v) is 3.59. The summed E-state index contributed by atoms with van der Waals surface area (Å²) in [6.45, 7) is 2.20. The van der Waals surface area contributed by atoms with Crippen molar-refractivity contribution in [3.05, 3.63) is 47.8 Å². The number of nitrogens with one attached hydrogen (secondary N) is 1. The third-order valence-corrected chi connectivity index (χ3v) is 4.90. The third-order valence-electron chi connectivity index (χ3n) is 4.90. The summed E-state index contributed by atoms with van der Waals surface area (Å²) in [5.74, 6) is -0.134. The molecule has 3 heterocycles. The van der Waals surface area contributed by atoms with E-state index in [2.05, 4.69) is 16.4 Å². The van der Waals surface area contributed by atoms with Crippen molar-refractivity contribution in [3.63, 3.8) is 0 Å². The highest BCUT2D eigenvalue weighted by Crippen LogP contribution is 2.40. The second kappa shape index (κ2) is 6.42. The molecule has 4 rings (SSSR count). The van der Waals surface area contributed by atoms with Crippen LogP contribution in [0.5, 0.6) is 0 Å². The number of rotatable bonds is 4. The first-order valence-corrected chi connectivity index (χ1v) is 8.59. The van der Waals surface area contributed by atoms with Gasteiger partial charge in [-0.15, -0.1) is 0 Å². The van der Waals surface area contributed by atoms with Gasteiger partial charge in [0.05, 0.1) is 24.0 Å². The van der Waals surface area contributed by atoms with E-state index in [1.54, 1.807) is 4.90 Å². The molecule has 0 spiro atoms. The van der Waals surface area contributed by atoms with Gasteiger partial charge < -0.3 is 15.8 Å². The van der Waals surface area contributed by atoms with Crippen LogP contribution in [0.1, 0.15) is 18.2 Å². The Morgan fingerprint density at radius 2 is 2.15 bits per heavy atom. The Bertz CT molecular complexity index is 866. The van der Waals surface area contributed by atoms with Crippen molar-refractivity contribution in [1.82, 2.24) is 10.3 Å². The van der Waals surface area contributed by atoms with E-state index in [0.29, 0.717) is 19.5 Å². The van der Waals surface area contributed by atoms with E-state index >= 15 is 0 Å². The average molecular weight is 352 g/mol. The maximum Gasteiger partial charge on any atom is 0.415 e. The van der Waals surface area contributed by atoms with Gasteiger partial charge in [-0.2, -0.15) is 0 Å². The number of hydrogen-bond donors (Lipinski definition) is 2. The molecule has 26 heavy (non-hydrogen) atoms. The zero-order valence-electron chi connectivity index (χ0n) is 14.4. The predicted molar refractivity (Wildman–Crippen MR) is 96.5 cm³/mol. The largest absolute Gasteiger partial charge is 0.442 e. The summed E-state index contributed by atoms with van der Waals surface area (Å²) >= 11 is 0. The van der Waals surface area contributed by atoms with Gasteiger partial charge in [-0.05, 0) is 35.7 Å². The third kappa shape index (κ3) is 2.80. The Morgan fingerprint density at radius 3 is 2.85 bits per heavy atom. The topological polar surface area (TPSA) is 97.5 Å². The molecule has 2 amide bonds. The summed E-state index contributed by atoms with van der Waals surface area (Å²) < 4.78 is 5.43. The van der Waals surface area contributed by atoms with Gasteiger partial charge in [-0.1, -0.05) is 12.1 Å². The molecule has 1 aromatic carbocycles. The average Bonchev–Trinajstić information content (AvgIpc) is 3.17. The van der Waals surface area contributed by atoms with Crippen LogP contribution in [-0.2, 0) is 22.5 Å². The maximum atomic E-state index is 12.3. The number of hydrogen-bond acceptors (Lipinski definition) is 5. The second-order valence-corrected chi connectivity index (χ2v) is 6.59. The van der Waals surface area contributed by atoms with Gasteiger partial charge in [0, 0.05) is 25.2 Å². The van der Waals surface area contributed by atoms with Gasteiger partial charge in [0.2, 0.25) is 5.91 Å². The molecule has 0 aliphatic carbocycles. The van der Waals surface area contributed by atoms with Crippen LogP contribution in [0.4, 0.5) is 10.5 Å². The molecule has 0 unspecified atom stereocenters. The number of cyclic esters (lactones) is 1. The molecular weight excluding hydrogens is 332 g/mol. The van der Waals surface area contributed by atoms with Crippen molar-refractivity contribution < 1.29 is 14.3 Å². The van der Waals surface area contributed by atoms with Gasteiger partial charge >= 0.3 is 6.09 Å². The summed E-state index contributed by atoms with van der Waals surface area (Å²) in [5, 5.41) is 2.73. The lowest BCUT2D eigenvalue weighted by Crippen LogP contribution is -2.40. The Hall–Kier alpha value is -2.93. The SMILES string of the molecule is CC(=O)NC[C@@H]1OC(=O)N2c3ccc(-c4ccc(CN)nc4)cc3C[C@@H]12. The Morgan fingerprint density at radius 1 is 1.35 bits per heavy atom. The Labute approximate surface area is 151 Å². The summed E-state index contributed by atoms with van der Waals surface area (Å²) in [7, 11) is 0. The number of amides is 2. The number of anilines is 1. The predicted octanol–water partition coefficient (Wildman–Crippen LogP) is 1.59. The van der Waals surface area contributed by atoms with Crippen LogP contribution in [0.3, 0.4) is 0 Å². The number of carbonyl (C=O) groups is 2. The number of pyridine rings is 1. The number of nitrogens with two attached hydrogens (primary N) is 1. The van der Waals surface area contributed by atoms with Gasteiger partial charge in [0.25, 0.3) is 0 Å². The summed E-state index contributed by atoms with van der Waals surface area (Å²) in [6.07, 6.45) is 1.82. The Balaban J connectivity index is 1.59. The number of ether oxygens (including phenoxy) is 1. The van der Waals surface area contributed by atoms with E-state index in [1.807, 2.05) is 30.5 Å². The molecular formula is C19H20N4O3. The molecule has 2 aliphatic rings. The van der Waals surface area contributed by atoms with Crippen molar-refractivity contribution in [3.8, 4) is 11.1 Å². The van der Waals surface area contributed by atoms with Crippen LogP contribution in [0, 0.1) is 0 Å². The lowest BCUT2D eigenvalue weighted by Gasteiger charge is -2.16. The molecule has 3 N–H and O–H groups in total. The molecule has 2 atom stereocenters. The van der Waals surface area contributed by atoms with E-state index < -0.39 is 0 Å². The van der Waals surface area contributed by atoms with Crippen LogP contribution >= 0.6 is 0 Å². The van der Waals surface area contributed by atoms with Crippen molar-refractivity contribution >= 4 is 17.7 Å². The summed E-state index contributed by atoms with van der Waals surface area (Å²) in [4.78, 5) is 29.5. The van der Waals surface area contributed by atoms with E-state index in [1.165, 1.54) is 6.92 Å². The zero-order valence-corrected chi connectivity index (χ0v) is 14.4. The first-order valence-electron chi connectivity index (χ1n) is 8.59. The molecule has 2 aliphatic heterocycles. The number of nitrogens with zero attached hydrogens (tertiary/aromatic N) is 2. The second-order valence-electron chi connectivity index (χ2n) is 6.59. The lowest BCUT2D eigenvalue weighted by atomic mass is 10.0. The molecule has 0 radical (unpaired) electrons. The Kier molecular flexibility index (Phi) is 4.08. The highest BCUT2D eigenvalue weighted by Gasteiger charge is 2.47. The number of aromatic nitrogens is 1. The minimum absolute atomic E-state index is 0.0858. The first kappa shape index (κ1) is 16.5. The highest BCUT2D eigenvalue weighted by molar-refractivity contribution is 5.94. The fraction of sp³-hybridized carbons (Fsp3) is 0.316. The molecule has 7 nitrogen and oxygen atoms in total. The van der Waals surface area contributed by atoms with Crippen LogP contribution in [0.2, 0.25) is 0 Å². The van der Waals surface area contributed by atoms with E-state index in [9.17, 15) is 9.59 Å². The molecule has 134 valence electrons. The summed E-state index contributed by atoms with van der Waals surface area (Å²) in [6, 6.07) is 9.85. The zero-order chi connectivity index (χ0) is 18.3. The smallest absolute Gasteiger partial charge is 0.415 e. The van der Waals surface area contributed by atoms with E-state index in [0.717, 1.165) is 28.1 Å². The van der Waals surface area contributed by atoms with Crippen molar-refractivity contribution in [1.29, 1.82) is 0 Å². The van der Waals surface area contributed by atoms with Crippen molar-refractivity contribution in [2.24, 2.45) is 5.73 Å². The minimum atomic E-state index is -0.356. The first-order chi connectivity index (χ1) is 12.6. The van der Waals surface area contributed by atoms with E-state index in [-0.39, 0.29) is 24.1 Å². The monoisotopic (exact) mass is 352 g/mol. The molecule has 1 fully saturated rings. The fourth-order valence-electron chi connectivity index (χ4n) is 3.59. The molecule has 7 heteroatoms. The highest BCUT2D eigenvalue weighted by atomic mass is 16.6. The van der Waals surface area contributed by atoms with Gasteiger partial charge in [-0.3, -0.25) is 14.7 Å². The van der Waals surface area contributed by atoms with Gasteiger partial charge in [0.15, 0.2) is 0 Å². The molecule has 0 bridgehead atoms. The van der Waals surface area contributed by atoms with Crippen LogP contribution < -0.4 is 16.0 Å². The minimum Gasteiger partial charge on any atom is -0.442 e. The van der Waals surface area contributed by atoms with Gasteiger partial charge in [-0.25, -0.2) is 4.79 Å². The van der Waals surface area contributed by atoms with Crippen LogP contribution in [0.25, 0.3) is 11.1 Å². The van der Waals surface area contributed by atoms with Crippen LogP contribution in [-0.4, -0.2) is 35.7 Å². The molecule has 0 saturated carbocycles. The van der Waals surface area contributed by atoms with Crippen LogP contribution in [0.15, 0.2) is 36.5 Å². The lowest BCUT2D eigenvalue weighted by molar-refractivity contribution is -0.119. The van der Waals surface area contributed by atoms with Crippen molar-refractivity contribution in [2.75, 3.05) is 11.4 Å². The molecule has 2 aromatic rings. The van der Waals surface area contributed by atoms with Crippen molar-refractivity contribution in [2.45, 2.75) is 32.0 Å². The molecule has 1 saturated heterocycles. The quantitative estimate of drug-likeness (QED) is 0.871. The van der Waals surface area contributed by atoms with E-state index in [4.69, 9.17) is 10.5 Å². The molecule has 1 aromatic heterocycles. The summed E-state index contributed by atoms with van der Waals surface area (Å²) in [5.41, 5.74) is 10.5. The standard InChI is InChI=1S/C19H20N4O3/c1-11(24)21-10-18-17-7-14-6-12(13-2-4-15(8-20)22-9-13)3-5-16(14)23(17)19(25)26-18/h2-6,9,17-18H,7-8,10,20H2,1H3,(H,21,24)/t17-,18-/m0/s1. The number of fused-ring (bicyclic) bond motifs is 3. The van der Waals surface area contributed by atoms with Gasteiger partial charge in [0.1, 0.15) is 6.10 Å². The number of benzene rings is 1. The maximum absolute atomic E-state index is 12.3. The normalized spacial score (nSPS) is 20.5.